The topological polar surface area (TPSA) is 41.5 Å². The molecule has 0 fully saturated rings. The minimum Gasteiger partial charge on any atom is -0.273 e. The molecule has 0 radical (unpaired) electrons. The highest BCUT2D eigenvalue weighted by Crippen LogP contribution is 2.10. The number of carbonyl (C=O) groups is 1. The Morgan fingerprint density at radius 3 is 2.56 bits per heavy atom. The first-order valence-corrected chi connectivity index (χ1v) is 6.60. The summed E-state index contributed by atoms with van der Waals surface area (Å²) in [4.78, 5) is 11.5. The Labute approximate surface area is 113 Å². The number of benzene rings is 1. The lowest BCUT2D eigenvalue weighted by Gasteiger charge is -2.03. The quantitative estimate of drug-likeness (QED) is 0.475. The number of hydrogen-bond acceptors (Lipinski definition) is 2. The predicted octanol–water partition coefficient (Wildman–Crippen LogP) is 3.76. The van der Waals surface area contributed by atoms with Gasteiger partial charge in [0.05, 0.1) is 5.71 Å². The van der Waals surface area contributed by atoms with E-state index in [0.717, 1.165) is 30.5 Å². The average Bonchev–Trinajstić information content (AvgIpc) is 2.37. The van der Waals surface area contributed by atoms with Crippen LogP contribution in [-0.4, -0.2) is 11.6 Å². The lowest BCUT2D eigenvalue weighted by Crippen LogP contribution is -2.18. The van der Waals surface area contributed by atoms with Crippen LogP contribution >= 0.6 is 11.6 Å². The minimum atomic E-state index is -0.0308. The molecule has 1 aromatic rings. The smallest absolute Gasteiger partial charge is 0.240 e. The predicted molar refractivity (Wildman–Crippen MR) is 75.9 cm³/mol. The summed E-state index contributed by atoms with van der Waals surface area (Å²) in [6.07, 6.45) is 3.64. The van der Waals surface area contributed by atoms with Crippen LogP contribution in [0.15, 0.2) is 29.4 Å². The highest BCUT2D eigenvalue weighted by atomic mass is 35.5. The van der Waals surface area contributed by atoms with Crippen LogP contribution in [0.4, 0.5) is 0 Å². The van der Waals surface area contributed by atoms with Crippen LogP contribution in [-0.2, 0) is 4.79 Å². The first kappa shape index (κ1) is 14.7. The van der Waals surface area contributed by atoms with Crippen LogP contribution in [0.5, 0.6) is 0 Å². The Bertz CT molecular complexity index is 412. The number of nitrogens with one attached hydrogen (secondary N) is 1. The third kappa shape index (κ3) is 5.32. The molecule has 0 saturated heterocycles. The minimum absolute atomic E-state index is 0.0308. The fourth-order valence-electron chi connectivity index (χ4n) is 1.49. The molecule has 1 N–H and O–H groups in total. The molecule has 0 spiro atoms. The molecule has 0 atom stereocenters. The number of nitrogens with zero attached hydrogens (tertiary/aromatic N) is 1. The maximum Gasteiger partial charge on any atom is 0.240 e. The summed E-state index contributed by atoms with van der Waals surface area (Å²) in [5.41, 5.74) is 4.30. The van der Waals surface area contributed by atoms with Gasteiger partial charge in [-0.05, 0) is 31.0 Å². The SMILES string of the molecule is CCCCCC(=O)N/N=C(\C)c1ccc(Cl)cc1. The number of amides is 1. The van der Waals surface area contributed by atoms with Gasteiger partial charge in [0.15, 0.2) is 0 Å². The van der Waals surface area contributed by atoms with Crippen LogP contribution < -0.4 is 5.43 Å². The zero-order valence-corrected chi connectivity index (χ0v) is 11.6. The Kier molecular flexibility index (Phi) is 6.44. The summed E-state index contributed by atoms with van der Waals surface area (Å²) >= 11 is 5.81. The van der Waals surface area contributed by atoms with E-state index in [9.17, 15) is 4.79 Å². The van der Waals surface area contributed by atoms with Crippen LogP contribution in [0.25, 0.3) is 0 Å². The average molecular weight is 267 g/mol. The second-order valence-electron chi connectivity index (χ2n) is 4.20. The summed E-state index contributed by atoms with van der Waals surface area (Å²) in [5, 5.41) is 4.77. The summed E-state index contributed by atoms with van der Waals surface area (Å²) in [6.45, 7) is 3.97. The number of rotatable bonds is 6. The zero-order valence-electron chi connectivity index (χ0n) is 10.9. The highest BCUT2D eigenvalue weighted by molar-refractivity contribution is 6.30. The van der Waals surface area contributed by atoms with Gasteiger partial charge in [0, 0.05) is 11.4 Å². The lowest BCUT2D eigenvalue weighted by molar-refractivity contribution is -0.121. The van der Waals surface area contributed by atoms with Crippen molar-refractivity contribution in [1.82, 2.24) is 5.43 Å². The number of hydrazone groups is 1. The van der Waals surface area contributed by atoms with Crippen molar-refractivity contribution >= 4 is 23.2 Å². The van der Waals surface area contributed by atoms with E-state index in [0.29, 0.717) is 11.4 Å². The Morgan fingerprint density at radius 1 is 1.28 bits per heavy atom. The molecule has 18 heavy (non-hydrogen) atoms. The molecule has 3 nitrogen and oxygen atoms in total. The Balaban J connectivity index is 2.46. The van der Waals surface area contributed by atoms with Crippen molar-refractivity contribution in [1.29, 1.82) is 0 Å². The second-order valence-corrected chi connectivity index (χ2v) is 4.63. The molecule has 0 aromatic heterocycles. The van der Waals surface area contributed by atoms with Gasteiger partial charge in [-0.15, -0.1) is 0 Å². The molecule has 0 aliphatic heterocycles. The van der Waals surface area contributed by atoms with Crippen molar-refractivity contribution < 1.29 is 4.79 Å². The van der Waals surface area contributed by atoms with Crippen molar-refractivity contribution in [3.63, 3.8) is 0 Å². The molecule has 98 valence electrons. The standard InChI is InChI=1S/C14H19ClN2O/c1-3-4-5-6-14(18)17-16-11(2)12-7-9-13(15)10-8-12/h7-10H,3-6H2,1-2H3,(H,17,18)/b16-11+. The molecule has 4 heteroatoms. The summed E-state index contributed by atoms with van der Waals surface area (Å²) in [5.74, 6) is -0.0308. The van der Waals surface area contributed by atoms with Crippen LogP contribution in [0.2, 0.25) is 5.02 Å². The second kappa shape index (κ2) is 7.88. The van der Waals surface area contributed by atoms with Crippen molar-refractivity contribution in [3.05, 3.63) is 34.9 Å². The van der Waals surface area contributed by atoms with E-state index in [1.165, 1.54) is 0 Å². The van der Waals surface area contributed by atoms with Gasteiger partial charge >= 0.3 is 0 Å². The number of hydrogen-bond donors (Lipinski definition) is 1. The van der Waals surface area contributed by atoms with E-state index in [1.807, 2.05) is 19.1 Å². The summed E-state index contributed by atoms with van der Waals surface area (Å²) < 4.78 is 0. The molecule has 1 amide bonds. The first-order chi connectivity index (χ1) is 8.63. The summed E-state index contributed by atoms with van der Waals surface area (Å²) in [6, 6.07) is 7.37. The monoisotopic (exact) mass is 266 g/mol. The van der Waals surface area contributed by atoms with Crippen LogP contribution in [0.1, 0.15) is 45.1 Å². The van der Waals surface area contributed by atoms with Crippen molar-refractivity contribution in [3.8, 4) is 0 Å². The molecule has 0 unspecified atom stereocenters. The largest absolute Gasteiger partial charge is 0.273 e. The van der Waals surface area contributed by atoms with Gasteiger partial charge in [-0.25, -0.2) is 5.43 Å². The third-order valence-corrected chi connectivity index (χ3v) is 2.87. The molecule has 0 saturated carbocycles. The Morgan fingerprint density at radius 2 is 1.94 bits per heavy atom. The number of halogens is 1. The van der Waals surface area contributed by atoms with Gasteiger partial charge in [0.2, 0.25) is 5.91 Å². The molecular weight excluding hydrogens is 248 g/mol. The van der Waals surface area contributed by atoms with Crippen molar-refractivity contribution in [2.24, 2.45) is 5.10 Å². The van der Waals surface area contributed by atoms with E-state index in [4.69, 9.17) is 11.6 Å². The molecule has 0 aliphatic rings. The maximum atomic E-state index is 11.5. The van der Waals surface area contributed by atoms with E-state index >= 15 is 0 Å². The number of carbonyl (C=O) groups excluding carboxylic acids is 1. The molecule has 0 heterocycles. The van der Waals surface area contributed by atoms with Crippen LogP contribution in [0.3, 0.4) is 0 Å². The van der Waals surface area contributed by atoms with Crippen molar-refractivity contribution in [2.75, 3.05) is 0 Å². The van der Waals surface area contributed by atoms with Crippen molar-refractivity contribution in [2.45, 2.75) is 39.5 Å². The van der Waals surface area contributed by atoms with Gasteiger partial charge in [-0.3, -0.25) is 4.79 Å². The number of unbranched alkanes of at least 4 members (excludes halogenated alkanes) is 2. The molecular formula is C14H19ClN2O. The van der Waals surface area contributed by atoms with E-state index < -0.39 is 0 Å². The molecule has 1 aromatic carbocycles. The normalized spacial score (nSPS) is 11.4. The lowest BCUT2D eigenvalue weighted by atomic mass is 10.1. The van der Waals surface area contributed by atoms with Gasteiger partial charge in [0.1, 0.15) is 0 Å². The van der Waals surface area contributed by atoms with Gasteiger partial charge in [0.25, 0.3) is 0 Å². The third-order valence-electron chi connectivity index (χ3n) is 2.62. The van der Waals surface area contributed by atoms with Gasteiger partial charge in [-0.2, -0.15) is 5.10 Å². The molecule has 0 bridgehead atoms. The van der Waals surface area contributed by atoms with Gasteiger partial charge in [-0.1, -0.05) is 43.5 Å². The fourth-order valence-corrected chi connectivity index (χ4v) is 1.62. The maximum absolute atomic E-state index is 11.5. The van der Waals surface area contributed by atoms with E-state index in [1.54, 1.807) is 12.1 Å². The molecule has 0 aliphatic carbocycles. The van der Waals surface area contributed by atoms with E-state index in [-0.39, 0.29) is 5.91 Å². The van der Waals surface area contributed by atoms with Crippen LogP contribution in [0, 0.1) is 0 Å². The first-order valence-electron chi connectivity index (χ1n) is 6.22. The molecule has 1 rings (SSSR count). The van der Waals surface area contributed by atoms with Gasteiger partial charge < -0.3 is 0 Å². The fraction of sp³-hybridized carbons (Fsp3) is 0.429. The van der Waals surface area contributed by atoms with E-state index in [2.05, 4.69) is 17.5 Å². The highest BCUT2D eigenvalue weighted by Gasteiger charge is 2.01. The summed E-state index contributed by atoms with van der Waals surface area (Å²) in [7, 11) is 0. The zero-order chi connectivity index (χ0) is 13.4. The Hall–Kier alpha value is -1.35.